The minimum Gasteiger partial charge on any atom is -0.508 e. The molecule has 0 heterocycles. The van der Waals surface area contributed by atoms with Gasteiger partial charge >= 0.3 is 0 Å². The summed E-state index contributed by atoms with van der Waals surface area (Å²) in [5.41, 5.74) is 1.46. The molecule has 1 N–H and O–H groups in total. The minimum absolute atomic E-state index is 0.193. The maximum absolute atomic E-state index is 9.99. The number of hydrogen-bond acceptors (Lipinski definition) is 3. The van der Waals surface area contributed by atoms with Crippen LogP contribution in [0.2, 0.25) is 0 Å². The first-order valence-corrected chi connectivity index (χ1v) is 5.31. The molecule has 0 amide bonds. The third-order valence-corrected chi connectivity index (χ3v) is 2.62. The minimum atomic E-state index is 0.193. The van der Waals surface area contributed by atoms with E-state index < -0.39 is 0 Å². The Morgan fingerprint density at radius 3 is 2.93 bits per heavy atom. The molecule has 1 aromatic rings. The lowest BCUT2D eigenvalue weighted by atomic mass is 10.1. The number of phenolic OH excluding ortho intramolecular Hbond substituents is 1. The van der Waals surface area contributed by atoms with Crippen molar-refractivity contribution < 1.29 is 14.4 Å². The lowest BCUT2D eigenvalue weighted by molar-refractivity contribution is -0.119. The second-order valence-corrected chi connectivity index (χ2v) is 4.54. The van der Waals surface area contributed by atoms with E-state index in [0.29, 0.717) is 17.9 Å². The molecule has 0 aliphatic carbocycles. The number of carbonyl (C=O) groups is 1. The second kappa shape index (κ2) is 5.61. The van der Waals surface area contributed by atoms with E-state index in [1.165, 1.54) is 0 Å². The van der Waals surface area contributed by atoms with Gasteiger partial charge in [-0.1, -0.05) is 19.1 Å². The molecule has 0 aliphatic heterocycles. The Morgan fingerprint density at radius 2 is 2.36 bits per heavy atom. The van der Waals surface area contributed by atoms with Crippen molar-refractivity contribution in [3.05, 3.63) is 29.8 Å². The smallest absolute Gasteiger partial charge is 0.295 e. The van der Waals surface area contributed by atoms with Crippen molar-refractivity contribution in [1.82, 2.24) is 0 Å². The second-order valence-electron chi connectivity index (χ2n) is 3.08. The summed E-state index contributed by atoms with van der Waals surface area (Å²) in [7, 11) is 0.193. The van der Waals surface area contributed by atoms with Crippen molar-refractivity contribution in [2.45, 2.75) is 19.0 Å². The summed E-state index contributed by atoms with van der Waals surface area (Å²) < 4.78 is 11.4. The molecule has 0 bridgehead atoms. The van der Waals surface area contributed by atoms with Crippen LogP contribution in [0.15, 0.2) is 24.3 Å². The van der Waals surface area contributed by atoms with E-state index in [4.69, 9.17) is 5.95 Å². The Kier molecular flexibility index (Phi) is 3.80. The van der Waals surface area contributed by atoms with Crippen molar-refractivity contribution in [2.75, 3.05) is 0 Å². The van der Waals surface area contributed by atoms with Gasteiger partial charge in [0.1, 0.15) is 5.75 Å². The van der Waals surface area contributed by atoms with Crippen molar-refractivity contribution in [1.29, 1.82) is 1.43 Å². The van der Waals surface area contributed by atoms with Gasteiger partial charge < -0.3 is 9.63 Å². The van der Waals surface area contributed by atoms with Crippen molar-refractivity contribution in [3.8, 4) is 5.75 Å². The van der Waals surface area contributed by atoms with E-state index in [2.05, 4.69) is 5.11 Å². The van der Waals surface area contributed by atoms with E-state index in [9.17, 15) is 4.79 Å². The summed E-state index contributed by atoms with van der Waals surface area (Å²) in [6, 6.07) is 7.31. The molecular weight excluding hydrogens is 199 g/mol. The zero-order valence-electron chi connectivity index (χ0n) is 8.90. The molecule has 0 radical (unpaired) electrons. The maximum atomic E-state index is 9.99. The van der Waals surface area contributed by atoms with Crippen LogP contribution in [0.4, 0.5) is 0 Å². The lowest BCUT2D eigenvalue weighted by Gasteiger charge is -2.08. The van der Waals surface area contributed by atoms with Crippen molar-refractivity contribution in [2.24, 2.45) is 0 Å². The van der Waals surface area contributed by atoms with Crippen molar-refractivity contribution >= 4 is 15.3 Å². The van der Waals surface area contributed by atoms with Crippen LogP contribution >= 0.6 is 8.81 Å². The fourth-order valence-corrected chi connectivity index (χ4v) is 1.77. The predicted octanol–water partition coefficient (Wildman–Crippen LogP) is 2.09. The van der Waals surface area contributed by atoms with E-state index >= 15 is 0 Å². The van der Waals surface area contributed by atoms with Crippen LogP contribution in [0.25, 0.3) is 0 Å². The molecule has 0 spiro atoms. The van der Waals surface area contributed by atoms with Crippen molar-refractivity contribution in [3.63, 3.8) is 0 Å². The first-order chi connectivity index (χ1) is 7.26. The van der Waals surface area contributed by atoms with Crippen LogP contribution in [-0.2, 0) is 15.7 Å². The number of rotatable bonds is 6. The fraction of sp³-hybridized carbons (Fsp3) is 0.300. The van der Waals surface area contributed by atoms with Gasteiger partial charge in [0.25, 0.3) is 7.90 Å². The molecule has 2 atom stereocenters. The van der Waals surface area contributed by atoms with Gasteiger partial charge in [0, 0.05) is 5.66 Å². The van der Waals surface area contributed by atoms with Gasteiger partial charge in [-0.3, -0.25) is 4.79 Å². The Balaban J connectivity index is 2.45. The molecule has 1 rings (SSSR count). The molecule has 0 aliphatic rings. The average molecular weight is 214 g/mol. The van der Waals surface area contributed by atoms with E-state index in [1.54, 1.807) is 12.1 Å². The zero-order chi connectivity index (χ0) is 11.1. The summed E-state index contributed by atoms with van der Waals surface area (Å²) in [6.07, 6.45) is 0.852. The highest BCUT2D eigenvalue weighted by atomic mass is 31.1. The summed E-state index contributed by atoms with van der Waals surface area (Å²) in [5, 5.41) is 4.32. The Labute approximate surface area is 86.5 Å². The third-order valence-electron chi connectivity index (χ3n) is 1.78. The summed E-state index contributed by atoms with van der Waals surface area (Å²) in [4.78, 5) is 9.99. The highest BCUT2D eigenvalue weighted by molar-refractivity contribution is 7.33. The van der Waals surface area contributed by atoms with Gasteiger partial charge in [0.2, 0.25) is 0 Å². The van der Waals surface area contributed by atoms with Crippen LogP contribution in [-0.4, -0.2) is 18.7 Å². The standard InChI is InChI=1S/C10H13O3P/c1-8(14-13-7-11)6-9-2-4-10(12)5-3-9/h2-5,7-8,12,14H,6H2,1H3/i/hT. The number of carbonyl (C=O) groups excluding carboxylic acids is 1. The summed E-state index contributed by atoms with van der Waals surface area (Å²) in [5.74, 6) is 0.526. The lowest BCUT2D eigenvalue weighted by Crippen LogP contribution is -1.99. The molecule has 76 valence electrons. The molecule has 2 unspecified atom stereocenters. The molecular formula is C10H13O3P. The van der Waals surface area contributed by atoms with Crippen LogP contribution in [0, 0.1) is 0 Å². The molecule has 0 fully saturated rings. The van der Waals surface area contributed by atoms with E-state index in [1.807, 2.05) is 19.1 Å². The third kappa shape index (κ3) is 3.75. The Bertz CT molecular complexity index is 302. The highest BCUT2D eigenvalue weighted by Gasteiger charge is 2.04. The molecule has 0 saturated heterocycles. The predicted molar refractivity (Wildman–Crippen MR) is 56.7 cm³/mol. The van der Waals surface area contributed by atoms with Crippen LogP contribution in [0.5, 0.6) is 5.75 Å². The largest absolute Gasteiger partial charge is 0.508 e. The Hall–Kier alpha value is -1.08. The molecule has 3 nitrogen and oxygen atoms in total. The molecule has 0 saturated carbocycles. The fourth-order valence-electron chi connectivity index (χ4n) is 1.16. The molecule has 0 aromatic heterocycles. The first kappa shape index (κ1) is 9.47. The maximum Gasteiger partial charge on any atom is 0.295 e. The normalized spacial score (nSPS) is 13.6. The monoisotopic (exact) mass is 214 g/mol. The van der Waals surface area contributed by atoms with E-state index in [-0.39, 0.29) is 8.81 Å². The Morgan fingerprint density at radius 1 is 1.64 bits per heavy atom. The highest BCUT2D eigenvalue weighted by Crippen LogP contribution is 2.23. The molecule has 1 aromatic carbocycles. The topological polar surface area (TPSA) is 46.5 Å². The summed E-state index contributed by atoms with van der Waals surface area (Å²) >= 11 is 0. The average Bonchev–Trinajstić information content (AvgIpc) is 2.27. The van der Waals surface area contributed by atoms with Gasteiger partial charge in [0.15, 0.2) is 0 Å². The van der Waals surface area contributed by atoms with Crippen LogP contribution in [0.1, 0.15) is 12.5 Å². The number of benzene rings is 1. The van der Waals surface area contributed by atoms with Gasteiger partial charge in [-0.25, -0.2) is 0 Å². The van der Waals surface area contributed by atoms with Gasteiger partial charge in [0.05, 0.1) is 8.81 Å². The number of hydrogen-bond donors (Lipinski definition) is 1. The SMILES string of the molecule is [3H]Oc1ccc(CC(C)POC=O)cc1. The van der Waals surface area contributed by atoms with E-state index in [0.717, 1.165) is 12.0 Å². The van der Waals surface area contributed by atoms with Crippen LogP contribution < -0.4 is 0 Å². The van der Waals surface area contributed by atoms with Crippen LogP contribution in [0.3, 0.4) is 0 Å². The molecule has 4 heteroatoms. The summed E-state index contributed by atoms with van der Waals surface area (Å²) in [6.45, 7) is 2.50. The quantitative estimate of drug-likeness (QED) is 0.582. The first-order valence-electron chi connectivity index (χ1n) is 4.74. The van der Waals surface area contributed by atoms with Gasteiger partial charge in [-0.2, -0.15) is 0 Å². The van der Waals surface area contributed by atoms with Gasteiger partial charge in [-0.05, 0) is 24.1 Å². The van der Waals surface area contributed by atoms with Gasteiger partial charge in [-0.15, -0.1) is 0 Å². The zero-order valence-corrected chi connectivity index (χ0v) is 8.90. The number of phenols is 1. The number of aromatic hydroxyl groups is 1. The molecule has 14 heavy (non-hydrogen) atoms.